The lowest BCUT2D eigenvalue weighted by atomic mass is 9.92. The second kappa shape index (κ2) is 7.54. The Balaban J connectivity index is 3.19. The summed E-state index contributed by atoms with van der Waals surface area (Å²) in [6, 6.07) is 0. The molecule has 0 saturated heterocycles. The van der Waals surface area contributed by atoms with Crippen molar-refractivity contribution in [3.05, 3.63) is 15.1 Å². The SMILES string of the molecule is CCCNc1nc(CC(C)OC)nc(C(C)(C)C)c1I. The van der Waals surface area contributed by atoms with Gasteiger partial charge >= 0.3 is 0 Å². The summed E-state index contributed by atoms with van der Waals surface area (Å²) in [5.41, 5.74) is 1.11. The quantitative estimate of drug-likeness (QED) is 0.750. The third-order valence-corrected chi connectivity index (χ3v) is 4.04. The minimum atomic E-state index is 0.00711. The van der Waals surface area contributed by atoms with Crippen molar-refractivity contribution in [3.63, 3.8) is 0 Å². The summed E-state index contributed by atoms with van der Waals surface area (Å²) >= 11 is 2.35. The van der Waals surface area contributed by atoms with E-state index in [9.17, 15) is 0 Å². The smallest absolute Gasteiger partial charge is 0.143 e. The first kappa shape index (κ1) is 17.6. The molecule has 0 spiro atoms. The predicted molar refractivity (Wildman–Crippen MR) is 92.4 cm³/mol. The second-order valence-electron chi connectivity index (χ2n) is 6.08. The van der Waals surface area contributed by atoms with Gasteiger partial charge in [0.05, 0.1) is 15.4 Å². The van der Waals surface area contributed by atoms with Crippen LogP contribution in [0.5, 0.6) is 0 Å². The van der Waals surface area contributed by atoms with Crippen LogP contribution in [0.1, 0.15) is 52.6 Å². The molecule has 1 atom stereocenters. The molecule has 0 fully saturated rings. The maximum Gasteiger partial charge on any atom is 0.143 e. The van der Waals surface area contributed by atoms with Crippen molar-refractivity contribution < 1.29 is 4.74 Å². The molecule has 1 heterocycles. The molecule has 0 radical (unpaired) electrons. The van der Waals surface area contributed by atoms with E-state index >= 15 is 0 Å². The van der Waals surface area contributed by atoms with Crippen LogP contribution in [0.3, 0.4) is 0 Å². The largest absolute Gasteiger partial charge is 0.381 e. The van der Waals surface area contributed by atoms with Crippen LogP contribution in [0.15, 0.2) is 0 Å². The van der Waals surface area contributed by atoms with E-state index in [0.29, 0.717) is 0 Å². The molecule has 1 unspecified atom stereocenters. The van der Waals surface area contributed by atoms with Crippen molar-refractivity contribution in [1.29, 1.82) is 0 Å². The normalized spacial score (nSPS) is 13.3. The van der Waals surface area contributed by atoms with E-state index in [4.69, 9.17) is 9.72 Å². The molecular weight excluding hydrogens is 365 g/mol. The lowest BCUT2D eigenvalue weighted by Crippen LogP contribution is -2.22. The Morgan fingerprint density at radius 1 is 1.30 bits per heavy atom. The summed E-state index contributed by atoms with van der Waals surface area (Å²) < 4.78 is 6.45. The number of anilines is 1. The highest BCUT2D eigenvalue weighted by Gasteiger charge is 2.23. The van der Waals surface area contributed by atoms with Gasteiger partial charge in [-0.3, -0.25) is 0 Å². The van der Waals surface area contributed by atoms with Gasteiger partial charge in [0.25, 0.3) is 0 Å². The minimum absolute atomic E-state index is 0.00711. The van der Waals surface area contributed by atoms with Crippen LogP contribution >= 0.6 is 22.6 Å². The Bertz CT molecular complexity index is 443. The van der Waals surface area contributed by atoms with E-state index in [-0.39, 0.29) is 11.5 Å². The van der Waals surface area contributed by atoms with Crippen LogP contribution in [0, 0.1) is 3.57 Å². The molecule has 0 amide bonds. The van der Waals surface area contributed by atoms with E-state index in [0.717, 1.165) is 40.3 Å². The highest BCUT2D eigenvalue weighted by atomic mass is 127. The lowest BCUT2D eigenvalue weighted by molar-refractivity contribution is 0.117. The van der Waals surface area contributed by atoms with Gasteiger partial charge in [-0.15, -0.1) is 0 Å². The summed E-state index contributed by atoms with van der Waals surface area (Å²) in [5.74, 6) is 1.80. The van der Waals surface area contributed by atoms with Gasteiger partial charge < -0.3 is 10.1 Å². The second-order valence-corrected chi connectivity index (χ2v) is 7.16. The van der Waals surface area contributed by atoms with Crippen LogP contribution in [0.25, 0.3) is 0 Å². The average Bonchev–Trinajstić information content (AvgIpc) is 2.37. The highest BCUT2D eigenvalue weighted by Crippen LogP contribution is 2.29. The Morgan fingerprint density at radius 2 is 1.95 bits per heavy atom. The molecule has 5 heteroatoms. The van der Waals surface area contributed by atoms with E-state index in [1.807, 2.05) is 6.92 Å². The molecule has 4 nitrogen and oxygen atoms in total. The molecule has 0 aliphatic carbocycles. The summed E-state index contributed by atoms with van der Waals surface area (Å²) in [6.07, 6.45) is 1.94. The Hall–Kier alpha value is -0.430. The zero-order chi connectivity index (χ0) is 15.3. The van der Waals surface area contributed by atoms with Crippen molar-refractivity contribution in [2.45, 2.75) is 59.0 Å². The van der Waals surface area contributed by atoms with E-state index < -0.39 is 0 Å². The van der Waals surface area contributed by atoms with Gasteiger partial charge in [0.2, 0.25) is 0 Å². The van der Waals surface area contributed by atoms with Gasteiger partial charge in [0.1, 0.15) is 11.6 Å². The Labute approximate surface area is 136 Å². The van der Waals surface area contributed by atoms with Crippen LogP contribution in [0.2, 0.25) is 0 Å². The number of aromatic nitrogens is 2. The molecule has 0 aromatic carbocycles. The van der Waals surface area contributed by atoms with Crippen LogP contribution < -0.4 is 5.32 Å². The number of ether oxygens (including phenoxy) is 1. The monoisotopic (exact) mass is 391 g/mol. The van der Waals surface area contributed by atoms with Gasteiger partial charge in [0, 0.05) is 25.5 Å². The number of rotatable bonds is 6. The lowest BCUT2D eigenvalue weighted by Gasteiger charge is -2.22. The van der Waals surface area contributed by atoms with Crippen LogP contribution in [0.4, 0.5) is 5.82 Å². The average molecular weight is 391 g/mol. The van der Waals surface area contributed by atoms with Crippen LogP contribution in [-0.2, 0) is 16.6 Å². The summed E-state index contributed by atoms with van der Waals surface area (Å²) in [5, 5.41) is 3.41. The van der Waals surface area contributed by atoms with Crippen molar-refractivity contribution in [2.75, 3.05) is 19.0 Å². The fourth-order valence-electron chi connectivity index (χ4n) is 1.78. The topological polar surface area (TPSA) is 47.0 Å². The molecule has 0 aliphatic heterocycles. The molecule has 0 bridgehead atoms. The molecule has 114 valence electrons. The van der Waals surface area contributed by atoms with Crippen molar-refractivity contribution in [3.8, 4) is 0 Å². The first-order valence-corrected chi connectivity index (χ1v) is 8.21. The van der Waals surface area contributed by atoms with Gasteiger partial charge in [-0.05, 0) is 35.9 Å². The Morgan fingerprint density at radius 3 is 2.45 bits per heavy atom. The highest BCUT2D eigenvalue weighted by molar-refractivity contribution is 14.1. The van der Waals surface area contributed by atoms with Crippen LogP contribution in [-0.4, -0.2) is 29.7 Å². The summed E-state index contributed by atoms with van der Waals surface area (Å²) in [4.78, 5) is 9.42. The fraction of sp³-hybridized carbons (Fsp3) is 0.733. The van der Waals surface area contributed by atoms with Gasteiger partial charge in [-0.2, -0.15) is 0 Å². The molecule has 0 saturated carbocycles. The van der Waals surface area contributed by atoms with E-state index in [1.54, 1.807) is 7.11 Å². The molecule has 20 heavy (non-hydrogen) atoms. The zero-order valence-corrected chi connectivity index (χ0v) is 15.5. The van der Waals surface area contributed by atoms with E-state index in [2.05, 4.69) is 60.6 Å². The molecule has 1 aromatic heterocycles. The number of methoxy groups -OCH3 is 1. The zero-order valence-electron chi connectivity index (χ0n) is 13.4. The summed E-state index contributed by atoms with van der Waals surface area (Å²) in [7, 11) is 1.72. The fourth-order valence-corrected chi connectivity index (χ4v) is 3.02. The number of nitrogens with one attached hydrogen (secondary N) is 1. The molecular formula is C15H26IN3O. The molecule has 1 N–H and O–H groups in total. The molecule has 1 aromatic rings. The summed E-state index contributed by atoms with van der Waals surface area (Å²) in [6.45, 7) is 11.7. The van der Waals surface area contributed by atoms with Gasteiger partial charge in [-0.25, -0.2) is 9.97 Å². The third kappa shape index (κ3) is 4.84. The first-order valence-electron chi connectivity index (χ1n) is 7.13. The first-order chi connectivity index (χ1) is 9.29. The number of hydrogen-bond acceptors (Lipinski definition) is 4. The maximum absolute atomic E-state index is 5.33. The standard InChI is InChI=1S/C15H26IN3O/c1-7-8-17-14-12(16)13(15(3,4)5)18-11(19-14)9-10(2)20-6/h10H,7-9H2,1-6H3,(H,17,18,19). The number of nitrogens with zero attached hydrogens (tertiary/aromatic N) is 2. The van der Waals surface area contributed by atoms with E-state index in [1.165, 1.54) is 0 Å². The Kier molecular flexibility index (Phi) is 6.64. The predicted octanol–water partition coefficient (Wildman–Crippen LogP) is 3.78. The third-order valence-electron chi connectivity index (χ3n) is 3.02. The van der Waals surface area contributed by atoms with Crippen molar-refractivity contribution in [1.82, 2.24) is 9.97 Å². The van der Waals surface area contributed by atoms with Gasteiger partial charge in [-0.1, -0.05) is 27.7 Å². The molecule has 1 rings (SSSR count). The number of hydrogen-bond donors (Lipinski definition) is 1. The molecule has 0 aliphatic rings. The van der Waals surface area contributed by atoms with Gasteiger partial charge in [0.15, 0.2) is 0 Å². The van der Waals surface area contributed by atoms with Crippen molar-refractivity contribution >= 4 is 28.4 Å². The van der Waals surface area contributed by atoms with Crippen molar-refractivity contribution in [2.24, 2.45) is 0 Å². The maximum atomic E-state index is 5.33. The minimum Gasteiger partial charge on any atom is -0.381 e. The number of halogens is 1.